The molecule has 0 spiro atoms. The van der Waals surface area contributed by atoms with Crippen LogP contribution in [0.15, 0.2) is 0 Å². The SMILES string of the molecule is CC(C)C[C@@H](NC(=O)OC(C)(C)C)C(=O)NNC(=O)CCCCCNC(=O)C(C)Br. The van der Waals surface area contributed by atoms with Gasteiger partial charge in [0.25, 0.3) is 5.91 Å². The Balaban J connectivity index is 4.25. The molecule has 0 aliphatic rings. The van der Waals surface area contributed by atoms with Crippen LogP contribution in [0.1, 0.15) is 73.6 Å². The number of halogens is 1. The predicted molar refractivity (Wildman–Crippen MR) is 119 cm³/mol. The molecule has 9 nitrogen and oxygen atoms in total. The summed E-state index contributed by atoms with van der Waals surface area (Å²) in [6.45, 7) is 11.4. The lowest BCUT2D eigenvalue weighted by Gasteiger charge is -2.24. The fourth-order valence-electron chi connectivity index (χ4n) is 2.37. The van der Waals surface area contributed by atoms with Gasteiger partial charge in [-0.2, -0.15) is 0 Å². The van der Waals surface area contributed by atoms with Crippen molar-refractivity contribution in [3.8, 4) is 0 Å². The summed E-state index contributed by atoms with van der Waals surface area (Å²) in [7, 11) is 0. The van der Waals surface area contributed by atoms with Crippen LogP contribution in [-0.4, -0.2) is 46.8 Å². The molecular weight excluding hydrogens is 456 g/mol. The lowest BCUT2D eigenvalue weighted by molar-refractivity contribution is -0.130. The van der Waals surface area contributed by atoms with Crippen molar-refractivity contribution in [2.75, 3.05) is 6.54 Å². The highest BCUT2D eigenvalue weighted by Crippen LogP contribution is 2.09. The molecule has 2 atom stereocenters. The van der Waals surface area contributed by atoms with E-state index in [0.717, 1.165) is 12.8 Å². The molecule has 0 heterocycles. The summed E-state index contributed by atoms with van der Waals surface area (Å²) in [5.41, 5.74) is 4.07. The molecule has 0 aromatic carbocycles. The first-order valence-electron chi connectivity index (χ1n) is 10.3. The minimum absolute atomic E-state index is 0.0635. The zero-order chi connectivity index (χ0) is 23.3. The van der Waals surface area contributed by atoms with E-state index in [0.29, 0.717) is 19.4 Å². The molecule has 0 aromatic rings. The minimum atomic E-state index is -0.819. The van der Waals surface area contributed by atoms with E-state index in [4.69, 9.17) is 4.74 Å². The van der Waals surface area contributed by atoms with Crippen LogP contribution in [0.25, 0.3) is 0 Å². The van der Waals surface area contributed by atoms with Crippen LogP contribution >= 0.6 is 15.9 Å². The summed E-state index contributed by atoms with van der Waals surface area (Å²) in [5.74, 6) is -0.734. The van der Waals surface area contributed by atoms with Crippen molar-refractivity contribution >= 4 is 39.7 Å². The molecule has 0 radical (unpaired) electrons. The second-order valence-electron chi connectivity index (χ2n) is 8.58. The van der Waals surface area contributed by atoms with Crippen LogP contribution < -0.4 is 21.5 Å². The van der Waals surface area contributed by atoms with E-state index in [1.807, 2.05) is 13.8 Å². The highest BCUT2D eigenvalue weighted by atomic mass is 79.9. The number of carbonyl (C=O) groups is 4. The summed E-state index contributed by atoms with van der Waals surface area (Å²) in [6.07, 6.45) is 2.14. The molecule has 0 rings (SSSR count). The summed E-state index contributed by atoms with van der Waals surface area (Å²) >= 11 is 3.19. The molecule has 0 bridgehead atoms. The van der Waals surface area contributed by atoms with Gasteiger partial charge < -0.3 is 15.4 Å². The minimum Gasteiger partial charge on any atom is -0.444 e. The lowest BCUT2D eigenvalue weighted by atomic mass is 10.0. The smallest absolute Gasteiger partial charge is 0.408 e. The van der Waals surface area contributed by atoms with Crippen LogP contribution in [0.4, 0.5) is 4.79 Å². The molecule has 10 heteroatoms. The molecule has 4 N–H and O–H groups in total. The number of rotatable bonds is 11. The first kappa shape index (κ1) is 28.2. The maximum Gasteiger partial charge on any atom is 0.408 e. The van der Waals surface area contributed by atoms with Crippen molar-refractivity contribution in [1.29, 1.82) is 0 Å². The van der Waals surface area contributed by atoms with Gasteiger partial charge >= 0.3 is 6.09 Å². The van der Waals surface area contributed by atoms with E-state index in [2.05, 4.69) is 37.4 Å². The van der Waals surface area contributed by atoms with Gasteiger partial charge in [-0.15, -0.1) is 0 Å². The Bertz CT molecular complexity index is 576. The fraction of sp³-hybridized carbons (Fsp3) is 0.800. The highest BCUT2D eigenvalue weighted by molar-refractivity contribution is 9.10. The van der Waals surface area contributed by atoms with E-state index >= 15 is 0 Å². The molecule has 30 heavy (non-hydrogen) atoms. The van der Waals surface area contributed by atoms with Crippen LogP contribution in [0, 0.1) is 5.92 Å². The molecule has 4 amide bonds. The molecule has 0 saturated carbocycles. The highest BCUT2D eigenvalue weighted by Gasteiger charge is 2.25. The van der Waals surface area contributed by atoms with E-state index in [9.17, 15) is 19.2 Å². The van der Waals surface area contributed by atoms with E-state index < -0.39 is 23.6 Å². The van der Waals surface area contributed by atoms with Gasteiger partial charge in [-0.1, -0.05) is 36.2 Å². The topological polar surface area (TPSA) is 126 Å². The zero-order valence-electron chi connectivity index (χ0n) is 18.9. The number of amides is 4. The molecule has 0 fully saturated rings. The van der Waals surface area contributed by atoms with Gasteiger partial charge in [0.05, 0.1) is 4.83 Å². The van der Waals surface area contributed by atoms with Crippen molar-refractivity contribution in [2.45, 2.75) is 90.1 Å². The maximum atomic E-state index is 12.4. The van der Waals surface area contributed by atoms with Gasteiger partial charge in [0, 0.05) is 13.0 Å². The summed E-state index contributed by atoms with van der Waals surface area (Å²) < 4.78 is 5.19. The average molecular weight is 493 g/mol. The quantitative estimate of drug-likeness (QED) is 0.200. The van der Waals surface area contributed by atoms with Gasteiger partial charge in [-0.25, -0.2) is 4.79 Å². The van der Waals surface area contributed by atoms with E-state index in [1.54, 1.807) is 27.7 Å². The maximum absolute atomic E-state index is 12.4. The van der Waals surface area contributed by atoms with Crippen LogP contribution in [0.5, 0.6) is 0 Å². The largest absolute Gasteiger partial charge is 0.444 e. The number of carbonyl (C=O) groups excluding carboxylic acids is 4. The van der Waals surface area contributed by atoms with Gasteiger partial charge in [0.1, 0.15) is 11.6 Å². The molecule has 174 valence electrons. The Morgan fingerprint density at radius 2 is 1.57 bits per heavy atom. The Morgan fingerprint density at radius 1 is 0.933 bits per heavy atom. The third kappa shape index (κ3) is 15.1. The Labute approximate surface area is 187 Å². The molecular formula is C20H37BrN4O5. The Morgan fingerprint density at radius 3 is 2.10 bits per heavy atom. The number of hydrogen-bond acceptors (Lipinski definition) is 5. The standard InChI is InChI=1S/C20H37BrN4O5/c1-13(2)12-15(23-19(29)30-20(4,5)6)18(28)25-24-16(26)10-8-7-9-11-22-17(27)14(3)21/h13-15H,7-12H2,1-6H3,(H,22,27)(H,23,29)(H,24,26)(H,25,28)/t14?,15-/m1/s1. The van der Waals surface area contributed by atoms with E-state index in [-0.39, 0.29) is 29.0 Å². The second-order valence-corrected chi connectivity index (χ2v) is 9.96. The summed E-state index contributed by atoms with van der Waals surface area (Å²) in [6, 6.07) is -0.819. The van der Waals surface area contributed by atoms with Gasteiger partial charge in [0.2, 0.25) is 11.8 Å². The fourth-order valence-corrected chi connectivity index (χ4v) is 2.54. The first-order valence-corrected chi connectivity index (χ1v) is 11.2. The molecule has 1 unspecified atom stereocenters. The molecule has 0 saturated heterocycles. The van der Waals surface area contributed by atoms with E-state index in [1.165, 1.54) is 0 Å². The number of nitrogens with one attached hydrogen (secondary N) is 4. The normalized spacial score (nSPS) is 13.2. The number of unbranched alkanes of at least 4 members (excludes halogenated alkanes) is 2. The van der Waals surface area contributed by atoms with Crippen LogP contribution in [-0.2, 0) is 19.1 Å². The van der Waals surface area contributed by atoms with Crippen molar-refractivity contribution in [3.05, 3.63) is 0 Å². The average Bonchev–Trinajstić information content (AvgIpc) is 2.59. The molecule has 0 aliphatic carbocycles. The molecule has 0 aliphatic heterocycles. The van der Waals surface area contributed by atoms with Crippen molar-refractivity contribution in [2.24, 2.45) is 5.92 Å². The zero-order valence-corrected chi connectivity index (χ0v) is 20.5. The number of hydrogen-bond donors (Lipinski definition) is 4. The van der Waals surface area contributed by atoms with Crippen molar-refractivity contribution in [3.63, 3.8) is 0 Å². The van der Waals surface area contributed by atoms with Gasteiger partial charge in [-0.05, 0) is 52.9 Å². The Hall–Kier alpha value is -1.84. The second kappa shape index (κ2) is 14.2. The number of alkyl halides is 1. The van der Waals surface area contributed by atoms with Crippen molar-refractivity contribution in [1.82, 2.24) is 21.5 Å². The number of alkyl carbamates (subject to hydrolysis) is 1. The van der Waals surface area contributed by atoms with Gasteiger partial charge in [0.15, 0.2) is 0 Å². The monoisotopic (exact) mass is 492 g/mol. The Kier molecular flexibility index (Phi) is 13.3. The van der Waals surface area contributed by atoms with Crippen LogP contribution in [0.3, 0.4) is 0 Å². The molecule has 0 aromatic heterocycles. The third-order valence-electron chi connectivity index (χ3n) is 3.78. The van der Waals surface area contributed by atoms with Gasteiger partial charge in [-0.3, -0.25) is 25.2 Å². The summed E-state index contributed by atoms with van der Waals surface area (Å²) in [4.78, 5) is 47.4. The number of hydrazine groups is 1. The summed E-state index contributed by atoms with van der Waals surface area (Å²) in [5, 5.41) is 5.33. The third-order valence-corrected chi connectivity index (χ3v) is 4.20. The lowest BCUT2D eigenvalue weighted by Crippen LogP contribution is -2.53. The van der Waals surface area contributed by atoms with Crippen LogP contribution in [0.2, 0.25) is 0 Å². The predicted octanol–water partition coefficient (Wildman–Crippen LogP) is 2.53. The first-order chi connectivity index (χ1) is 13.8. The number of ether oxygens (including phenoxy) is 1. The van der Waals surface area contributed by atoms with Crippen molar-refractivity contribution < 1.29 is 23.9 Å².